The Morgan fingerprint density at radius 1 is 1.24 bits per heavy atom. The van der Waals surface area contributed by atoms with E-state index in [1.165, 1.54) is 0 Å². The minimum atomic E-state index is -0.743. The smallest absolute Gasteiger partial charge is 0.293 e. The molecule has 2 unspecified atom stereocenters. The van der Waals surface area contributed by atoms with Crippen LogP contribution >= 0.6 is 11.6 Å². The molecule has 1 amide bonds. The second-order valence-electron chi connectivity index (χ2n) is 7.52. The second kappa shape index (κ2) is 7.87. The Bertz CT molecular complexity index is 999. The van der Waals surface area contributed by atoms with Crippen molar-refractivity contribution in [1.29, 1.82) is 5.41 Å². The molecule has 2 aliphatic rings. The fourth-order valence-corrected chi connectivity index (χ4v) is 4.04. The molecule has 2 aromatic rings. The molecule has 0 radical (unpaired) electrons. The first-order chi connectivity index (χ1) is 13.9. The Hall–Kier alpha value is -2.87. The van der Waals surface area contributed by atoms with Crippen molar-refractivity contribution in [3.8, 4) is 0 Å². The summed E-state index contributed by atoms with van der Waals surface area (Å²) in [6.07, 6.45) is 6.31. The monoisotopic (exact) mass is 414 g/mol. The van der Waals surface area contributed by atoms with Gasteiger partial charge >= 0.3 is 0 Å². The van der Waals surface area contributed by atoms with Crippen molar-refractivity contribution in [1.82, 2.24) is 14.9 Å². The number of nitrogens with two attached hydrogens (primary N) is 1. The lowest BCUT2D eigenvalue weighted by molar-refractivity contribution is 0.0940. The molecule has 5 N–H and O–H groups in total. The number of anilines is 1. The standard InChI is InChI=1S/C20H23ClN6O2/c21-16(26-19(28)12-6-4-11(5-7-12)17(22)23)15-9-8-14-10-24-18(20(29)27(14)15)25-13-2-1-3-13/h4-7,10,13,15-16H,1-3,8-9H2,(H3,22,23)(H,24,25)(H,26,28). The van der Waals surface area contributed by atoms with E-state index in [1.54, 1.807) is 35.0 Å². The number of aryl methyl sites for hydroxylation is 1. The molecule has 0 bridgehead atoms. The highest BCUT2D eigenvalue weighted by molar-refractivity contribution is 6.22. The lowest BCUT2D eigenvalue weighted by Gasteiger charge is -2.27. The summed E-state index contributed by atoms with van der Waals surface area (Å²) >= 11 is 6.52. The number of fused-ring (bicyclic) bond motifs is 1. The molecule has 1 aliphatic heterocycles. The van der Waals surface area contributed by atoms with Gasteiger partial charge in [-0.3, -0.25) is 15.0 Å². The zero-order chi connectivity index (χ0) is 20.5. The number of amides is 1. The van der Waals surface area contributed by atoms with Crippen LogP contribution in [0.25, 0.3) is 0 Å². The van der Waals surface area contributed by atoms with Gasteiger partial charge in [0.05, 0.1) is 6.04 Å². The predicted octanol–water partition coefficient (Wildman–Crippen LogP) is 1.97. The second-order valence-corrected chi connectivity index (χ2v) is 7.99. The van der Waals surface area contributed by atoms with E-state index >= 15 is 0 Å². The van der Waals surface area contributed by atoms with Gasteiger partial charge in [-0.25, -0.2) is 4.98 Å². The van der Waals surface area contributed by atoms with Crippen LogP contribution in [0.5, 0.6) is 0 Å². The average Bonchev–Trinajstić information content (AvgIpc) is 3.11. The maximum atomic E-state index is 12.9. The van der Waals surface area contributed by atoms with Crippen molar-refractivity contribution in [3.05, 3.63) is 57.6 Å². The van der Waals surface area contributed by atoms with Crippen molar-refractivity contribution >= 4 is 29.2 Å². The summed E-state index contributed by atoms with van der Waals surface area (Å²) in [7, 11) is 0. The number of halogens is 1. The highest BCUT2D eigenvalue weighted by atomic mass is 35.5. The highest BCUT2D eigenvalue weighted by Crippen LogP contribution is 2.29. The van der Waals surface area contributed by atoms with Crippen LogP contribution in [-0.4, -0.2) is 32.8 Å². The van der Waals surface area contributed by atoms with Crippen molar-refractivity contribution < 1.29 is 4.79 Å². The maximum Gasteiger partial charge on any atom is 0.293 e. The van der Waals surface area contributed by atoms with Gasteiger partial charge in [0.2, 0.25) is 0 Å². The van der Waals surface area contributed by atoms with E-state index in [4.69, 9.17) is 22.7 Å². The first-order valence-electron chi connectivity index (χ1n) is 9.70. The Labute approximate surface area is 173 Å². The molecule has 1 aromatic carbocycles. The molecule has 8 nitrogen and oxygen atoms in total. The number of carbonyl (C=O) groups is 1. The van der Waals surface area contributed by atoms with Gasteiger partial charge in [-0.1, -0.05) is 23.7 Å². The van der Waals surface area contributed by atoms with Crippen molar-refractivity contribution in [2.24, 2.45) is 5.73 Å². The summed E-state index contributed by atoms with van der Waals surface area (Å²) in [6.45, 7) is 0. The van der Waals surface area contributed by atoms with Gasteiger partial charge < -0.3 is 20.9 Å². The van der Waals surface area contributed by atoms with E-state index in [1.807, 2.05) is 0 Å². The Kier molecular flexibility index (Phi) is 5.27. The lowest BCUT2D eigenvalue weighted by Crippen LogP contribution is -2.40. The molecule has 4 rings (SSSR count). The first kappa shape index (κ1) is 19.4. The van der Waals surface area contributed by atoms with Gasteiger partial charge in [0.1, 0.15) is 11.3 Å². The summed E-state index contributed by atoms with van der Waals surface area (Å²) in [5.41, 5.74) is 6.28. The van der Waals surface area contributed by atoms with Gasteiger partial charge in [-0.15, -0.1) is 0 Å². The van der Waals surface area contributed by atoms with Crippen LogP contribution in [0.4, 0.5) is 5.82 Å². The Balaban J connectivity index is 1.49. The average molecular weight is 415 g/mol. The Morgan fingerprint density at radius 3 is 2.55 bits per heavy atom. The van der Waals surface area contributed by atoms with Crippen LogP contribution in [0.3, 0.4) is 0 Å². The molecule has 1 aliphatic carbocycles. The summed E-state index contributed by atoms with van der Waals surface area (Å²) in [4.78, 5) is 29.8. The molecular weight excluding hydrogens is 392 g/mol. The minimum Gasteiger partial charge on any atom is -0.384 e. The molecule has 2 atom stereocenters. The SMILES string of the molecule is N=C(N)c1ccc(C(=O)NC(Cl)C2CCc3cnc(NC4CCC4)c(=O)n32)cc1. The number of amidine groups is 1. The normalized spacial score (nSPS) is 19.1. The van der Waals surface area contributed by atoms with Gasteiger partial charge in [0.15, 0.2) is 5.82 Å². The van der Waals surface area contributed by atoms with Crippen LogP contribution in [0.1, 0.15) is 53.3 Å². The van der Waals surface area contributed by atoms with Gasteiger partial charge in [0, 0.05) is 29.1 Å². The van der Waals surface area contributed by atoms with Crippen LogP contribution in [-0.2, 0) is 6.42 Å². The van der Waals surface area contributed by atoms with E-state index in [0.29, 0.717) is 35.8 Å². The number of alkyl halides is 1. The van der Waals surface area contributed by atoms with E-state index in [9.17, 15) is 9.59 Å². The first-order valence-corrected chi connectivity index (χ1v) is 10.1. The number of hydrogen-bond donors (Lipinski definition) is 4. The number of aromatic nitrogens is 2. The number of nitrogens with one attached hydrogen (secondary N) is 3. The van der Waals surface area contributed by atoms with Crippen LogP contribution in [0, 0.1) is 5.41 Å². The Morgan fingerprint density at radius 2 is 1.93 bits per heavy atom. The molecule has 0 saturated heterocycles. The molecule has 2 heterocycles. The molecule has 152 valence electrons. The summed E-state index contributed by atoms with van der Waals surface area (Å²) in [5, 5.41) is 13.4. The van der Waals surface area contributed by atoms with Crippen LogP contribution < -0.4 is 21.9 Å². The van der Waals surface area contributed by atoms with E-state index in [-0.39, 0.29) is 23.3 Å². The third kappa shape index (κ3) is 3.85. The topological polar surface area (TPSA) is 126 Å². The van der Waals surface area contributed by atoms with Gasteiger partial charge in [-0.2, -0.15) is 0 Å². The van der Waals surface area contributed by atoms with E-state index in [0.717, 1.165) is 25.0 Å². The molecule has 1 aromatic heterocycles. The largest absolute Gasteiger partial charge is 0.384 e. The minimum absolute atomic E-state index is 0.0611. The number of carbonyl (C=O) groups excluding carboxylic acids is 1. The van der Waals surface area contributed by atoms with Gasteiger partial charge in [-0.05, 0) is 44.2 Å². The predicted molar refractivity (Wildman–Crippen MR) is 112 cm³/mol. The number of benzene rings is 1. The summed E-state index contributed by atoms with van der Waals surface area (Å²) in [6, 6.07) is 6.37. The molecule has 29 heavy (non-hydrogen) atoms. The number of hydrogen-bond acceptors (Lipinski definition) is 5. The third-order valence-corrected chi connectivity index (χ3v) is 6.01. The highest BCUT2D eigenvalue weighted by Gasteiger charge is 2.32. The molecular formula is C20H23ClN6O2. The number of nitrogens with zero attached hydrogens (tertiary/aromatic N) is 2. The van der Waals surface area contributed by atoms with E-state index in [2.05, 4.69) is 15.6 Å². The maximum absolute atomic E-state index is 12.9. The van der Waals surface area contributed by atoms with Crippen molar-refractivity contribution in [3.63, 3.8) is 0 Å². The van der Waals surface area contributed by atoms with Crippen molar-refractivity contribution in [2.75, 3.05) is 5.32 Å². The molecule has 0 spiro atoms. The van der Waals surface area contributed by atoms with Gasteiger partial charge in [0.25, 0.3) is 11.5 Å². The molecule has 9 heteroatoms. The van der Waals surface area contributed by atoms with Crippen molar-refractivity contribution in [2.45, 2.75) is 49.7 Å². The molecule has 1 fully saturated rings. The number of nitrogen functional groups attached to an aromatic ring is 1. The fraction of sp³-hybridized carbons (Fsp3) is 0.400. The zero-order valence-corrected chi connectivity index (χ0v) is 16.6. The van der Waals surface area contributed by atoms with Crippen LogP contribution in [0.2, 0.25) is 0 Å². The number of rotatable bonds is 6. The third-order valence-electron chi connectivity index (χ3n) is 5.61. The van der Waals surface area contributed by atoms with Crippen LogP contribution in [0.15, 0.2) is 35.3 Å². The summed E-state index contributed by atoms with van der Waals surface area (Å²) < 4.78 is 1.66. The lowest BCUT2D eigenvalue weighted by atomic mass is 9.93. The summed E-state index contributed by atoms with van der Waals surface area (Å²) in [5.74, 6) is -0.0575. The zero-order valence-electron chi connectivity index (χ0n) is 15.8. The fourth-order valence-electron chi connectivity index (χ4n) is 3.70. The van der Waals surface area contributed by atoms with E-state index < -0.39 is 5.50 Å². The molecule has 1 saturated carbocycles. The quantitative estimate of drug-likeness (QED) is 0.249.